The van der Waals surface area contributed by atoms with Crippen molar-refractivity contribution in [1.82, 2.24) is 18.7 Å². The van der Waals surface area contributed by atoms with E-state index in [0.29, 0.717) is 22.3 Å². The number of aromatic nitrogens is 4. The van der Waals surface area contributed by atoms with E-state index in [1.54, 1.807) is 43.3 Å². The lowest BCUT2D eigenvalue weighted by Crippen LogP contribution is -2.48. The Morgan fingerprint density at radius 1 is 1.24 bits per heavy atom. The molecule has 5 rings (SSSR count). The Morgan fingerprint density at radius 3 is 2.65 bits per heavy atom. The summed E-state index contributed by atoms with van der Waals surface area (Å²) in [5.41, 5.74) is 2.20. The van der Waals surface area contributed by atoms with E-state index in [4.69, 9.17) is 4.74 Å². The minimum absolute atomic E-state index is 0.195. The van der Waals surface area contributed by atoms with Crippen LogP contribution in [0.1, 0.15) is 16.8 Å². The van der Waals surface area contributed by atoms with Gasteiger partial charge in [-0.05, 0) is 48.4 Å². The molecule has 1 aliphatic rings. The molecule has 174 valence electrons. The van der Waals surface area contributed by atoms with Gasteiger partial charge >= 0.3 is 0 Å². The number of ether oxygens (including phenoxy) is 1. The number of benzene rings is 2. The van der Waals surface area contributed by atoms with Crippen LogP contribution in [0.5, 0.6) is 5.75 Å². The highest BCUT2D eigenvalue weighted by Crippen LogP contribution is 2.27. The predicted octanol–water partition coefficient (Wildman–Crippen LogP) is 1.03. The van der Waals surface area contributed by atoms with Crippen LogP contribution in [0.4, 0.5) is 4.39 Å². The molecule has 0 bridgehead atoms. The average Bonchev–Trinajstić information content (AvgIpc) is 3.51. The van der Waals surface area contributed by atoms with Gasteiger partial charge in [-0.3, -0.25) is 9.36 Å². The quantitative estimate of drug-likeness (QED) is 0.481. The number of fused-ring (bicyclic) bond motifs is 1. The zero-order valence-corrected chi connectivity index (χ0v) is 19.1. The highest BCUT2D eigenvalue weighted by atomic mass is 19.1. The molecule has 0 saturated heterocycles. The van der Waals surface area contributed by atoms with Gasteiger partial charge in [0.1, 0.15) is 22.5 Å². The van der Waals surface area contributed by atoms with Gasteiger partial charge in [0.15, 0.2) is 0 Å². The second kappa shape index (κ2) is 8.11. The lowest BCUT2D eigenvalue weighted by atomic mass is 9.91. The van der Waals surface area contributed by atoms with Gasteiger partial charge < -0.3 is 19.0 Å². The predicted molar refractivity (Wildman–Crippen MR) is 124 cm³/mol. The molecule has 9 heteroatoms. The summed E-state index contributed by atoms with van der Waals surface area (Å²) < 4.78 is 24.2. The molecule has 34 heavy (non-hydrogen) atoms. The summed E-state index contributed by atoms with van der Waals surface area (Å²) in [5.74, 6) is 0.249. The van der Waals surface area contributed by atoms with E-state index in [0.717, 1.165) is 16.9 Å². The summed E-state index contributed by atoms with van der Waals surface area (Å²) in [6.45, 7) is 1.77. The number of aliphatic hydroxyl groups is 1. The maximum absolute atomic E-state index is 13.6. The van der Waals surface area contributed by atoms with Crippen molar-refractivity contribution in [1.29, 1.82) is 0 Å². The molecule has 2 aromatic heterocycles. The molecule has 0 spiro atoms. The van der Waals surface area contributed by atoms with Crippen molar-refractivity contribution in [2.75, 3.05) is 20.3 Å². The molecule has 1 atom stereocenters. The van der Waals surface area contributed by atoms with Crippen molar-refractivity contribution >= 4 is 6.08 Å². The minimum atomic E-state index is -1.08. The Kier molecular flexibility index (Phi) is 5.21. The van der Waals surface area contributed by atoms with E-state index >= 15 is 0 Å². The van der Waals surface area contributed by atoms with Gasteiger partial charge in [-0.15, -0.1) is 0 Å². The van der Waals surface area contributed by atoms with Crippen LogP contribution < -0.4 is 21.3 Å². The SMILES string of the molecule is COc1cc(/C=c2/c(=O)n3c(n2C)=NCC3(CO)c2ccc(F)cc2)ccc1-n1cnc(C)c1. The number of methoxy groups -OCH3 is 1. The first-order valence-corrected chi connectivity index (χ1v) is 10.8. The van der Waals surface area contributed by atoms with Crippen molar-refractivity contribution in [3.8, 4) is 11.4 Å². The first kappa shape index (κ1) is 21.8. The third kappa shape index (κ3) is 3.28. The van der Waals surface area contributed by atoms with Gasteiger partial charge in [0.05, 0.1) is 38.0 Å². The average molecular weight is 461 g/mol. The van der Waals surface area contributed by atoms with Crippen LogP contribution in [0.15, 0.2) is 64.8 Å². The number of rotatable bonds is 5. The van der Waals surface area contributed by atoms with Crippen molar-refractivity contribution in [2.24, 2.45) is 12.0 Å². The van der Waals surface area contributed by atoms with Gasteiger partial charge in [-0.2, -0.15) is 0 Å². The summed E-state index contributed by atoms with van der Waals surface area (Å²) >= 11 is 0. The monoisotopic (exact) mass is 461 g/mol. The number of hydrogen-bond acceptors (Lipinski definition) is 5. The minimum Gasteiger partial charge on any atom is -0.495 e. The van der Waals surface area contributed by atoms with Crippen LogP contribution in [0.2, 0.25) is 0 Å². The van der Waals surface area contributed by atoms with Crippen LogP contribution in [-0.4, -0.2) is 44.1 Å². The highest BCUT2D eigenvalue weighted by Gasteiger charge is 2.40. The zero-order chi connectivity index (χ0) is 24.0. The molecule has 3 heterocycles. The molecule has 1 aliphatic heterocycles. The molecule has 0 aliphatic carbocycles. The Hall–Kier alpha value is -3.98. The largest absolute Gasteiger partial charge is 0.495 e. The fourth-order valence-electron chi connectivity index (χ4n) is 4.50. The molecular weight excluding hydrogens is 437 g/mol. The van der Waals surface area contributed by atoms with Gasteiger partial charge in [0.2, 0.25) is 5.62 Å². The normalized spacial score (nSPS) is 17.6. The molecule has 1 unspecified atom stereocenters. The molecule has 2 aromatic carbocycles. The highest BCUT2D eigenvalue weighted by molar-refractivity contribution is 5.58. The summed E-state index contributed by atoms with van der Waals surface area (Å²) in [5, 5.41) is 10.8. The van der Waals surface area contributed by atoms with Crippen LogP contribution in [-0.2, 0) is 12.6 Å². The van der Waals surface area contributed by atoms with E-state index in [1.807, 2.05) is 35.9 Å². The van der Waals surface area contributed by atoms with Crippen LogP contribution in [0.3, 0.4) is 0 Å². The second-order valence-electron chi connectivity index (χ2n) is 8.40. The maximum Gasteiger partial charge on any atom is 0.278 e. The van der Waals surface area contributed by atoms with Gasteiger partial charge in [0.25, 0.3) is 5.56 Å². The van der Waals surface area contributed by atoms with E-state index in [2.05, 4.69) is 9.98 Å². The Labute approximate surface area is 194 Å². The summed E-state index contributed by atoms with van der Waals surface area (Å²) in [6, 6.07) is 11.5. The first-order chi connectivity index (χ1) is 16.4. The van der Waals surface area contributed by atoms with Gasteiger partial charge in [-0.1, -0.05) is 18.2 Å². The molecule has 0 saturated carbocycles. The maximum atomic E-state index is 13.6. The van der Waals surface area contributed by atoms with Crippen LogP contribution >= 0.6 is 0 Å². The van der Waals surface area contributed by atoms with Gasteiger partial charge in [0, 0.05) is 13.2 Å². The molecular formula is C25H24FN5O3. The van der Waals surface area contributed by atoms with E-state index in [9.17, 15) is 14.3 Å². The van der Waals surface area contributed by atoms with Crippen LogP contribution in [0.25, 0.3) is 11.8 Å². The topological polar surface area (TPSA) is 86.6 Å². The summed E-state index contributed by atoms with van der Waals surface area (Å²) in [7, 11) is 3.36. The molecule has 1 N–H and O–H groups in total. The lowest BCUT2D eigenvalue weighted by Gasteiger charge is -2.28. The molecule has 4 aromatic rings. The molecule has 0 radical (unpaired) electrons. The van der Waals surface area contributed by atoms with Crippen molar-refractivity contribution in [2.45, 2.75) is 12.5 Å². The Morgan fingerprint density at radius 2 is 2.00 bits per heavy atom. The molecule has 0 fully saturated rings. The number of aliphatic hydroxyl groups excluding tert-OH is 1. The summed E-state index contributed by atoms with van der Waals surface area (Å²) in [4.78, 5) is 22.4. The van der Waals surface area contributed by atoms with Crippen LogP contribution in [0, 0.1) is 12.7 Å². The molecule has 0 amide bonds. The summed E-state index contributed by atoms with van der Waals surface area (Å²) in [6.07, 6.45) is 5.39. The third-order valence-electron chi connectivity index (χ3n) is 6.33. The van der Waals surface area contributed by atoms with Crippen molar-refractivity contribution in [3.63, 3.8) is 0 Å². The zero-order valence-electron chi connectivity index (χ0n) is 19.1. The fourth-order valence-corrected chi connectivity index (χ4v) is 4.50. The van der Waals surface area contributed by atoms with Crippen molar-refractivity contribution < 1.29 is 14.2 Å². The standard InChI is InChI=1S/C25H24FN5O3/c1-16-12-30(15-28-16)20-9-4-17(11-22(20)34-3)10-21-23(33)31-24(29(21)2)27-13-25(31,14-32)18-5-7-19(26)8-6-18/h4-12,15,32H,13-14H2,1-3H3/b21-10-. The number of nitrogens with zero attached hydrogens (tertiary/aromatic N) is 5. The smallest absolute Gasteiger partial charge is 0.278 e. The Bertz CT molecular complexity index is 1570. The molecule has 8 nitrogen and oxygen atoms in total. The first-order valence-electron chi connectivity index (χ1n) is 10.8. The fraction of sp³-hybridized carbons (Fsp3) is 0.240. The van der Waals surface area contributed by atoms with Crippen molar-refractivity contribution in [3.05, 3.63) is 98.9 Å². The number of halogens is 1. The Balaban J connectivity index is 1.65. The number of hydrogen-bond donors (Lipinski definition) is 1. The van der Waals surface area contributed by atoms with Gasteiger partial charge in [-0.25, -0.2) is 14.4 Å². The third-order valence-corrected chi connectivity index (χ3v) is 6.33. The van der Waals surface area contributed by atoms with E-state index in [-0.39, 0.29) is 24.5 Å². The second-order valence-corrected chi connectivity index (χ2v) is 8.40. The van der Waals surface area contributed by atoms with E-state index < -0.39 is 5.54 Å². The number of imidazole rings is 2. The lowest BCUT2D eigenvalue weighted by molar-refractivity contribution is 0.177. The van der Waals surface area contributed by atoms with E-state index in [1.165, 1.54) is 16.7 Å². The number of aryl methyl sites for hydroxylation is 1.